The van der Waals surface area contributed by atoms with Gasteiger partial charge in [0.25, 0.3) is 0 Å². The van der Waals surface area contributed by atoms with E-state index in [0.717, 1.165) is 22.7 Å². The Kier molecular flexibility index (Phi) is 5.34. The number of rotatable bonds is 2. The van der Waals surface area contributed by atoms with E-state index in [1.807, 2.05) is 0 Å². The summed E-state index contributed by atoms with van der Waals surface area (Å²) in [7, 11) is 0. The zero-order valence-corrected chi connectivity index (χ0v) is 26.6. The van der Waals surface area contributed by atoms with Gasteiger partial charge >= 0.3 is 0 Å². The Morgan fingerprint density at radius 2 is 0.980 bits per heavy atom. The number of hydrogen-bond acceptors (Lipinski definition) is 1. The molecule has 9 aromatic rings. The summed E-state index contributed by atoms with van der Waals surface area (Å²) in [6.07, 6.45) is 0. The maximum absolute atomic E-state index is 6.74. The first-order valence-electron chi connectivity index (χ1n) is 16.9. The van der Waals surface area contributed by atoms with Gasteiger partial charge in [-0.1, -0.05) is 133 Å². The molecular formula is C47H29NO. The third kappa shape index (κ3) is 3.50. The number of hydrogen-bond donors (Lipinski definition) is 0. The van der Waals surface area contributed by atoms with E-state index in [9.17, 15) is 0 Å². The first-order chi connectivity index (χ1) is 24.3. The fourth-order valence-corrected chi connectivity index (χ4v) is 8.85. The molecular weight excluding hydrogens is 595 g/mol. The standard InChI is InChI=1S/C47H29NO/c1-2-14-31-29-44-37(27-30(31)13-1)36-18-6-11-23-43(36)48(44)42-22-10-5-15-33(42)32-25-26-46-41(28-32)47(40-21-9-12-24-45(40)49-46)38-19-7-3-16-34(38)35-17-4-8-20-39(35)47/h1-29H. The first kappa shape index (κ1) is 26.7. The summed E-state index contributed by atoms with van der Waals surface area (Å²) in [5.41, 5.74) is 12.9. The number of ether oxygens (including phenoxy) is 1. The van der Waals surface area contributed by atoms with Gasteiger partial charge < -0.3 is 9.30 Å². The van der Waals surface area contributed by atoms with Gasteiger partial charge in [0, 0.05) is 27.5 Å². The molecule has 228 valence electrons. The van der Waals surface area contributed by atoms with E-state index in [0.29, 0.717) is 0 Å². The van der Waals surface area contributed by atoms with Crippen molar-refractivity contribution in [3.8, 4) is 39.4 Å². The molecule has 1 aromatic heterocycles. The Labute approximate surface area is 284 Å². The molecule has 2 heterocycles. The zero-order valence-electron chi connectivity index (χ0n) is 26.6. The van der Waals surface area contributed by atoms with Crippen molar-refractivity contribution in [2.75, 3.05) is 0 Å². The van der Waals surface area contributed by atoms with Gasteiger partial charge in [-0.3, -0.25) is 0 Å². The summed E-state index contributed by atoms with van der Waals surface area (Å²) in [6, 6.07) is 64.2. The number of benzene rings is 8. The van der Waals surface area contributed by atoms with Crippen LogP contribution in [0.2, 0.25) is 0 Å². The van der Waals surface area contributed by atoms with Gasteiger partial charge in [-0.05, 0) is 81.1 Å². The first-order valence-corrected chi connectivity index (χ1v) is 16.9. The van der Waals surface area contributed by atoms with Crippen molar-refractivity contribution in [3.63, 3.8) is 0 Å². The van der Waals surface area contributed by atoms with Crippen LogP contribution in [0.25, 0.3) is 60.5 Å². The van der Waals surface area contributed by atoms with Gasteiger partial charge in [-0.15, -0.1) is 0 Å². The van der Waals surface area contributed by atoms with Crippen molar-refractivity contribution in [2.45, 2.75) is 5.41 Å². The lowest BCUT2D eigenvalue weighted by Gasteiger charge is -2.39. The van der Waals surface area contributed by atoms with Crippen LogP contribution in [0.1, 0.15) is 22.3 Å². The third-order valence-electron chi connectivity index (χ3n) is 10.8. The molecule has 2 aliphatic rings. The molecule has 0 N–H and O–H groups in total. The van der Waals surface area contributed by atoms with Crippen LogP contribution in [0.5, 0.6) is 11.5 Å². The van der Waals surface area contributed by atoms with Gasteiger partial charge in [0.2, 0.25) is 0 Å². The molecule has 0 fully saturated rings. The molecule has 0 atom stereocenters. The molecule has 1 aliphatic carbocycles. The Morgan fingerprint density at radius 1 is 0.388 bits per heavy atom. The summed E-state index contributed by atoms with van der Waals surface area (Å²) in [6.45, 7) is 0. The second kappa shape index (κ2) is 9.82. The highest BCUT2D eigenvalue weighted by atomic mass is 16.5. The maximum atomic E-state index is 6.74. The summed E-state index contributed by atoms with van der Waals surface area (Å²) < 4.78 is 9.19. The van der Waals surface area contributed by atoms with Crippen LogP contribution in [0, 0.1) is 0 Å². The van der Waals surface area contributed by atoms with E-state index in [-0.39, 0.29) is 0 Å². The second-order valence-corrected chi connectivity index (χ2v) is 13.2. The lowest BCUT2D eigenvalue weighted by Crippen LogP contribution is -2.32. The van der Waals surface area contributed by atoms with E-state index in [4.69, 9.17) is 4.74 Å². The molecule has 0 saturated carbocycles. The van der Waals surface area contributed by atoms with Crippen molar-refractivity contribution in [3.05, 3.63) is 198 Å². The van der Waals surface area contributed by atoms with E-state index in [1.54, 1.807) is 0 Å². The van der Waals surface area contributed by atoms with Crippen molar-refractivity contribution < 1.29 is 4.74 Å². The predicted molar refractivity (Wildman–Crippen MR) is 201 cm³/mol. The topological polar surface area (TPSA) is 14.2 Å². The van der Waals surface area contributed by atoms with Crippen molar-refractivity contribution in [1.29, 1.82) is 0 Å². The number of nitrogens with zero attached hydrogens (tertiary/aromatic N) is 1. The van der Waals surface area contributed by atoms with Gasteiger partial charge in [-0.25, -0.2) is 0 Å². The molecule has 0 amide bonds. The molecule has 1 spiro atoms. The van der Waals surface area contributed by atoms with Crippen LogP contribution in [-0.4, -0.2) is 4.57 Å². The fourth-order valence-electron chi connectivity index (χ4n) is 8.85. The normalized spacial score (nSPS) is 13.6. The van der Waals surface area contributed by atoms with Crippen LogP contribution < -0.4 is 4.74 Å². The molecule has 0 saturated heterocycles. The van der Waals surface area contributed by atoms with Crippen LogP contribution >= 0.6 is 0 Å². The lowest BCUT2D eigenvalue weighted by molar-refractivity contribution is 0.436. The van der Waals surface area contributed by atoms with Crippen LogP contribution in [0.3, 0.4) is 0 Å². The highest BCUT2D eigenvalue weighted by Gasteiger charge is 2.51. The number of fused-ring (bicyclic) bond motifs is 13. The lowest BCUT2D eigenvalue weighted by atomic mass is 9.66. The molecule has 2 heteroatoms. The Hall–Kier alpha value is -6.38. The molecule has 0 radical (unpaired) electrons. The minimum Gasteiger partial charge on any atom is -0.457 e. The monoisotopic (exact) mass is 623 g/mol. The Bertz CT molecular complexity index is 2770. The average molecular weight is 624 g/mol. The van der Waals surface area contributed by atoms with Crippen molar-refractivity contribution >= 4 is 32.6 Å². The molecule has 8 aromatic carbocycles. The van der Waals surface area contributed by atoms with Crippen LogP contribution in [-0.2, 0) is 5.41 Å². The smallest absolute Gasteiger partial charge is 0.132 e. The van der Waals surface area contributed by atoms with Crippen molar-refractivity contribution in [1.82, 2.24) is 4.57 Å². The quantitative estimate of drug-likeness (QED) is 0.187. The Morgan fingerprint density at radius 3 is 1.78 bits per heavy atom. The van der Waals surface area contributed by atoms with E-state index in [2.05, 4.69) is 180 Å². The number of para-hydroxylation sites is 3. The molecule has 49 heavy (non-hydrogen) atoms. The summed E-state index contributed by atoms with van der Waals surface area (Å²) in [4.78, 5) is 0. The van der Waals surface area contributed by atoms with Crippen molar-refractivity contribution in [2.24, 2.45) is 0 Å². The summed E-state index contributed by atoms with van der Waals surface area (Å²) in [5, 5.41) is 5.01. The molecule has 1 aliphatic heterocycles. The van der Waals surface area contributed by atoms with Gasteiger partial charge in [0.05, 0.1) is 22.1 Å². The molecule has 0 unspecified atom stereocenters. The minimum atomic E-state index is -0.506. The minimum absolute atomic E-state index is 0.506. The fraction of sp³-hybridized carbons (Fsp3) is 0.0213. The average Bonchev–Trinajstić information content (AvgIpc) is 3.64. The molecule has 11 rings (SSSR count). The molecule has 2 nitrogen and oxygen atoms in total. The maximum Gasteiger partial charge on any atom is 0.132 e. The zero-order chi connectivity index (χ0) is 32.1. The molecule has 0 bridgehead atoms. The largest absolute Gasteiger partial charge is 0.457 e. The van der Waals surface area contributed by atoms with Gasteiger partial charge in [0.1, 0.15) is 11.5 Å². The van der Waals surface area contributed by atoms with Gasteiger partial charge in [0.15, 0.2) is 0 Å². The van der Waals surface area contributed by atoms with Gasteiger partial charge in [-0.2, -0.15) is 0 Å². The summed E-state index contributed by atoms with van der Waals surface area (Å²) in [5.74, 6) is 1.81. The Balaban J connectivity index is 1.21. The van der Waals surface area contributed by atoms with E-state index in [1.165, 1.54) is 71.5 Å². The van der Waals surface area contributed by atoms with Crippen LogP contribution in [0.4, 0.5) is 0 Å². The second-order valence-electron chi connectivity index (χ2n) is 13.2. The summed E-state index contributed by atoms with van der Waals surface area (Å²) >= 11 is 0. The third-order valence-corrected chi connectivity index (χ3v) is 10.8. The van der Waals surface area contributed by atoms with E-state index < -0.39 is 5.41 Å². The SMILES string of the molecule is c1ccc2c(c1)Oc1ccc(-c3ccccc3-n3c4ccccc4c4cc5ccccc5cc43)cc1C21c2ccccc2-c2ccccc21. The van der Waals surface area contributed by atoms with E-state index >= 15 is 0 Å². The number of aromatic nitrogens is 1. The van der Waals surface area contributed by atoms with Crippen LogP contribution in [0.15, 0.2) is 176 Å². The predicted octanol–water partition coefficient (Wildman–Crippen LogP) is 12.1. The highest BCUT2D eigenvalue weighted by molar-refractivity contribution is 6.14. The highest BCUT2D eigenvalue weighted by Crippen LogP contribution is 2.62.